The molecule has 1 aliphatic rings. The van der Waals surface area contributed by atoms with Crippen molar-refractivity contribution in [2.24, 2.45) is 5.92 Å². The topological polar surface area (TPSA) is 75.6 Å². The Kier molecular flexibility index (Phi) is 5.19. The smallest absolute Gasteiger partial charge is 0.313 e. The van der Waals surface area contributed by atoms with Gasteiger partial charge < -0.3 is 15.2 Å². The SMILES string of the molecule is CC(C)(C(=O)O)c1ccc(NC(=O)CCC2CCOC2)cc1. The van der Waals surface area contributed by atoms with Gasteiger partial charge in [0.15, 0.2) is 0 Å². The van der Waals surface area contributed by atoms with E-state index in [-0.39, 0.29) is 5.91 Å². The van der Waals surface area contributed by atoms with Gasteiger partial charge in [-0.3, -0.25) is 9.59 Å². The Labute approximate surface area is 130 Å². The molecule has 1 fully saturated rings. The Bertz CT molecular complexity index is 530. The van der Waals surface area contributed by atoms with Gasteiger partial charge in [0.1, 0.15) is 0 Å². The average Bonchev–Trinajstić information content (AvgIpc) is 2.99. The monoisotopic (exact) mass is 305 g/mol. The van der Waals surface area contributed by atoms with E-state index in [0.29, 0.717) is 23.6 Å². The minimum atomic E-state index is -0.939. The van der Waals surface area contributed by atoms with Gasteiger partial charge in [0.05, 0.1) is 5.41 Å². The van der Waals surface area contributed by atoms with E-state index in [4.69, 9.17) is 4.74 Å². The normalized spacial score (nSPS) is 18.2. The lowest BCUT2D eigenvalue weighted by atomic mass is 9.85. The molecule has 1 saturated heterocycles. The molecule has 0 aliphatic carbocycles. The molecule has 1 amide bonds. The molecule has 1 aromatic rings. The van der Waals surface area contributed by atoms with Crippen LogP contribution < -0.4 is 5.32 Å². The molecule has 2 N–H and O–H groups in total. The molecule has 1 unspecified atom stereocenters. The minimum Gasteiger partial charge on any atom is -0.481 e. The van der Waals surface area contributed by atoms with Crippen molar-refractivity contribution >= 4 is 17.6 Å². The molecule has 1 aromatic carbocycles. The van der Waals surface area contributed by atoms with E-state index < -0.39 is 11.4 Å². The number of anilines is 1. The lowest BCUT2D eigenvalue weighted by molar-refractivity contribution is -0.142. The molecular weight excluding hydrogens is 282 g/mol. The highest BCUT2D eigenvalue weighted by Gasteiger charge is 2.29. The van der Waals surface area contributed by atoms with Crippen LogP contribution in [0.2, 0.25) is 0 Å². The van der Waals surface area contributed by atoms with Crippen LogP contribution in [0.3, 0.4) is 0 Å². The maximum Gasteiger partial charge on any atom is 0.313 e. The summed E-state index contributed by atoms with van der Waals surface area (Å²) in [6, 6.07) is 6.98. The zero-order valence-corrected chi connectivity index (χ0v) is 13.1. The molecular formula is C17H23NO4. The maximum absolute atomic E-state index is 11.9. The molecule has 0 bridgehead atoms. The summed E-state index contributed by atoms with van der Waals surface area (Å²) in [5.74, 6) is -0.398. The predicted molar refractivity (Wildman–Crippen MR) is 83.9 cm³/mol. The molecule has 5 heteroatoms. The zero-order chi connectivity index (χ0) is 16.2. The molecule has 0 aromatic heterocycles. The van der Waals surface area contributed by atoms with E-state index >= 15 is 0 Å². The first kappa shape index (κ1) is 16.5. The van der Waals surface area contributed by atoms with Crippen LogP contribution in [0.5, 0.6) is 0 Å². The molecule has 120 valence electrons. The van der Waals surface area contributed by atoms with Gasteiger partial charge in [0.2, 0.25) is 5.91 Å². The minimum absolute atomic E-state index is 0.0165. The Balaban J connectivity index is 1.87. The number of nitrogens with one attached hydrogen (secondary N) is 1. The van der Waals surface area contributed by atoms with Crippen molar-refractivity contribution in [2.75, 3.05) is 18.5 Å². The van der Waals surface area contributed by atoms with E-state index in [1.807, 2.05) is 0 Å². The van der Waals surface area contributed by atoms with Gasteiger partial charge in [0, 0.05) is 25.3 Å². The fourth-order valence-corrected chi connectivity index (χ4v) is 2.46. The quantitative estimate of drug-likeness (QED) is 0.847. The summed E-state index contributed by atoms with van der Waals surface area (Å²) in [6.07, 6.45) is 2.36. The number of hydrogen-bond donors (Lipinski definition) is 2. The van der Waals surface area contributed by atoms with Crippen molar-refractivity contribution in [1.29, 1.82) is 0 Å². The van der Waals surface area contributed by atoms with Crippen LogP contribution in [-0.2, 0) is 19.7 Å². The summed E-state index contributed by atoms with van der Waals surface area (Å²) in [7, 11) is 0. The van der Waals surface area contributed by atoms with Crippen LogP contribution >= 0.6 is 0 Å². The first-order chi connectivity index (χ1) is 10.4. The second-order valence-corrected chi connectivity index (χ2v) is 6.32. The molecule has 1 heterocycles. The number of amides is 1. The van der Waals surface area contributed by atoms with Gasteiger partial charge in [0.25, 0.3) is 0 Å². The average molecular weight is 305 g/mol. The van der Waals surface area contributed by atoms with Crippen LogP contribution in [0.25, 0.3) is 0 Å². The molecule has 5 nitrogen and oxygen atoms in total. The number of carboxylic acids is 1. The highest BCUT2D eigenvalue weighted by atomic mass is 16.5. The molecule has 0 spiro atoms. The van der Waals surface area contributed by atoms with E-state index in [2.05, 4.69) is 5.32 Å². The van der Waals surface area contributed by atoms with Crippen molar-refractivity contribution in [3.63, 3.8) is 0 Å². The van der Waals surface area contributed by atoms with Gasteiger partial charge >= 0.3 is 5.97 Å². The number of ether oxygens (including phenoxy) is 1. The highest BCUT2D eigenvalue weighted by Crippen LogP contribution is 2.25. The van der Waals surface area contributed by atoms with Crippen molar-refractivity contribution in [3.8, 4) is 0 Å². The summed E-state index contributed by atoms with van der Waals surface area (Å²) < 4.78 is 5.29. The van der Waals surface area contributed by atoms with E-state index in [0.717, 1.165) is 26.1 Å². The van der Waals surface area contributed by atoms with Crippen LogP contribution in [0.1, 0.15) is 38.7 Å². The molecule has 0 radical (unpaired) electrons. The molecule has 1 aliphatic heterocycles. The third-order valence-corrected chi connectivity index (χ3v) is 4.23. The third-order valence-electron chi connectivity index (χ3n) is 4.23. The first-order valence-corrected chi connectivity index (χ1v) is 7.61. The van der Waals surface area contributed by atoms with Crippen molar-refractivity contribution < 1.29 is 19.4 Å². The predicted octanol–water partition coefficient (Wildman–Crippen LogP) is 2.80. The highest BCUT2D eigenvalue weighted by molar-refractivity contribution is 5.90. The Morgan fingerprint density at radius 1 is 1.32 bits per heavy atom. The van der Waals surface area contributed by atoms with E-state index in [9.17, 15) is 14.7 Å². The molecule has 0 saturated carbocycles. The molecule has 1 atom stereocenters. The lowest BCUT2D eigenvalue weighted by Gasteiger charge is -2.20. The Morgan fingerprint density at radius 2 is 2.00 bits per heavy atom. The zero-order valence-electron chi connectivity index (χ0n) is 13.1. The summed E-state index contributed by atoms with van der Waals surface area (Å²) in [5.41, 5.74) is 0.462. The van der Waals surface area contributed by atoms with E-state index in [1.54, 1.807) is 38.1 Å². The number of aliphatic carboxylic acids is 1. The van der Waals surface area contributed by atoms with Gasteiger partial charge in [-0.2, -0.15) is 0 Å². The number of rotatable bonds is 6. The summed E-state index contributed by atoms with van der Waals surface area (Å²) in [5, 5.41) is 12.0. The summed E-state index contributed by atoms with van der Waals surface area (Å²) >= 11 is 0. The molecule has 2 rings (SSSR count). The number of carboxylic acid groups (broad SMARTS) is 1. The van der Waals surface area contributed by atoms with Crippen LogP contribution in [0.15, 0.2) is 24.3 Å². The van der Waals surface area contributed by atoms with Gasteiger partial charge in [-0.15, -0.1) is 0 Å². The molecule has 22 heavy (non-hydrogen) atoms. The van der Waals surface area contributed by atoms with Crippen molar-refractivity contribution in [1.82, 2.24) is 0 Å². The van der Waals surface area contributed by atoms with Crippen LogP contribution in [0, 0.1) is 5.92 Å². The number of benzene rings is 1. The van der Waals surface area contributed by atoms with Crippen molar-refractivity contribution in [2.45, 2.75) is 38.5 Å². The summed E-state index contributed by atoms with van der Waals surface area (Å²) in [6.45, 7) is 4.87. The van der Waals surface area contributed by atoms with Gasteiger partial charge in [-0.05, 0) is 50.3 Å². The first-order valence-electron chi connectivity index (χ1n) is 7.61. The van der Waals surface area contributed by atoms with Gasteiger partial charge in [-0.1, -0.05) is 12.1 Å². The summed E-state index contributed by atoms with van der Waals surface area (Å²) in [4.78, 5) is 23.1. The second kappa shape index (κ2) is 6.92. The lowest BCUT2D eigenvalue weighted by Crippen LogP contribution is -2.28. The van der Waals surface area contributed by atoms with E-state index in [1.165, 1.54) is 0 Å². The third kappa shape index (κ3) is 4.07. The fraction of sp³-hybridized carbons (Fsp3) is 0.529. The Hall–Kier alpha value is -1.88. The maximum atomic E-state index is 11.9. The number of carbonyl (C=O) groups is 2. The standard InChI is InChI=1S/C17H23NO4/c1-17(2,16(20)21)13-4-6-14(7-5-13)18-15(19)8-3-12-9-10-22-11-12/h4-7,12H,3,8-11H2,1-2H3,(H,18,19)(H,20,21). The van der Waals surface area contributed by atoms with Crippen molar-refractivity contribution in [3.05, 3.63) is 29.8 Å². The largest absolute Gasteiger partial charge is 0.481 e. The fourth-order valence-electron chi connectivity index (χ4n) is 2.46. The second-order valence-electron chi connectivity index (χ2n) is 6.32. The number of hydrogen-bond acceptors (Lipinski definition) is 3. The van der Waals surface area contributed by atoms with Crippen LogP contribution in [-0.4, -0.2) is 30.2 Å². The van der Waals surface area contributed by atoms with Crippen LogP contribution in [0.4, 0.5) is 5.69 Å². The Morgan fingerprint density at radius 3 is 2.55 bits per heavy atom. The number of carbonyl (C=O) groups excluding carboxylic acids is 1. The van der Waals surface area contributed by atoms with Gasteiger partial charge in [-0.25, -0.2) is 0 Å².